The minimum Gasteiger partial charge on any atom is -0.346 e. The van der Waals surface area contributed by atoms with Crippen molar-refractivity contribution in [3.8, 4) is 0 Å². The van der Waals surface area contributed by atoms with Gasteiger partial charge in [0.1, 0.15) is 0 Å². The molecular weight excluding hydrogens is 262 g/mol. The molecule has 0 unspecified atom stereocenters. The van der Waals surface area contributed by atoms with Crippen LogP contribution in [0, 0.1) is 0 Å². The molecule has 1 aromatic heterocycles. The first-order chi connectivity index (χ1) is 9.20. The monoisotopic (exact) mass is 277 g/mol. The highest BCUT2D eigenvalue weighted by Gasteiger charge is 2.10. The average Bonchev–Trinajstić information content (AvgIpc) is 2.83. The van der Waals surface area contributed by atoms with E-state index in [9.17, 15) is 9.59 Å². The summed E-state index contributed by atoms with van der Waals surface area (Å²) < 4.78 is 0. The molecule has 0 aliphatic heterocycles. The lowest BCUT2D eigenvalue weighted by Crippen LogP contribution is -2.25. The van der Waals surface area contributed by atoms with Crippen molar-refractivity contribution in [1.82, 2.24) is 10.3 Å². The summed E-state index contributed by atoms with van der Waals surface area (Å²) in [6.45, 7) is 0.816. The summed E-state index contributed by atoms with van der Waals surface area (Å²) in [5.41, 5.74) is 7.80. The number of carbonyl (C=O) groups is 1. The molecular formula is C13H15N3O2S. The van der Waals surface area contributed by atoms with Crippen LogP contribution in [0.25, 0.3) is 0 Å². The van der Waals surface area contributed by atoms with Crippen LogP contribution in [0.3, 0.4) is 0 Å². The van der Waals surface area contributed by atoms with Gasteiger partial charge in [0.2, 0.25) is 0 Å². The SMILES string of the molecule is NCCc1ccccc1C(=O)NCc1csc(=O)[nH]1. The summed E-state index contributed by atoms with van der Waals surface area (Å²) in [6.07, 6.45) is 0.666. The number of rotatable bonds is 5. The molecule has 19 heavy (non-hydrogen) atoms. The lowest BCUT2D eigenvalue weighted by molar-refractivity contribution is 0.0949. The Bertz CT molecular complexity index is 618. The first kappa shape index (κ1) is 13.5. The topological polar surface area (TPSA) is 88.0 Å². The molecule has 100 valence electrons. The van der Waals surface area contributed by atoms with Crippen LogP contribution >= 0.6 is 11.3 Å². The van der Waals surface area contributed by atoms with Crippen molar-refractivity contribution in [2.45, 2.75) is 13.0 Å². The molecule has 0 fully saturated rings. The fourth-order valence-corrected chi connectivity index (χ4v) is 2.37. The first-order valence-corrected chi connectivity index (χ1v) is 6.81. The molecule has 1 aromatic carbocycles. The lowest BCUT2D eigenvalue weighted by atomic mass is 10.0. The lowest BCUT2D eigenvalue weighted by Gasteiger charge is -2.08. The maximum absolute atomic E-state index is 12.1. The summed E-state index contributed by atoms with van der Waals surface area (Å²) in [7, 11) is 0. The number of H-pyrrole nitrogens is 1. The van der Waals surface area contributed by atoms with Crippen LogP contribution < -0.4 is 15.9 Å². The maximum Gasteiger partial charge on any atom is 0.304 e. The quantitative estimate of drug-likeness (QED) is 0.757. The smallest absolute Gasteiger partial charge is 0.304 e. The second kappa shape index (κ2) is 6.31. The van der Waals surface area contributed by atoms with Crippen molar-refractivity contribution in [1.29, 1.82) is 0 Å². The molecule has 4 N–H and O–H groups in total. The third-order valence-corrected chi connectivity index (χ3v) is 3.40. The van der Waals surface area contributed by atoms with Crippen LogP contribution in [0.2, 0.25) is 0 Å². The second-order valence-corrected chi connectivity index (χ2v) is 4.89. The number of nitrogens with one attached hydrogen (secondary N) is 2. The number of amides is 1. The van der Waals surface area contributed by atoms with Gasteiger partial charge in [-0.3, -0.25) is 9.59 Å². The number of thiazole rings is 1. The number of nitrogens with two attached hydrogens (primary N) is 1. The van der Waals surface area contributed by atoms with Crippen molar-refractivity contribution in [2.75, 3.05) is 6.54 Å². The van der Waals surface area contributed by atoms with E-state index >= 15 is 0 Å². The third kappa shape index (κ3) is 3.52. The van der Waals surface area contributed by atoms with E-state index in [0.29, 0.717) is 30.8 Å². The van der Waals surface area contributed by atoms with Gasteiger partial charge in [0, 0.05) is 16.6 Å². The van der Waals surface area contributed by atoms with Crippen LogP contribution in [-0.4, -0.2) is 17.4 Å². The fourth-order valence-electron chi connectivity index (χ4n) is 1.79. The van der Waals surface area contributed by atoms with Crippen LogP contribution in [-0.2, 0) is 13.0 Å². The van der Waals surface area contributed by atoms with Crippen molar-refractivity contribution >= 4 is 17.2 Å². The van der Waals surface area contributed by atoms with E-state index in [-0.39, 0.29) is 10.8 Å². The van der Waals surface area contributed by atoms with Crippen molar-refractivity contribution < 1.29 is 4.79 Å². The third-order valence-electron chi connectivity index (χ3n) is 2.69. The Morgan fingerprint density at radius 3 is 2.84 bits per heavy atom. The van der Waals surface area contributed by atoms with Gasteiger partial charge in [0.15, 0.2) is 0 Å². The van der Waals surface area contributed by atoms with Crippen LogP contribution in [0.1, 0.15) is 21.6 Å². The molecule has 0 atom stereocenters. The van der Waals surface area contributed by atoms with Crippen molar-refractivity contribution in [3.05, 3.63) is 56.1 Å². The van der Waals surface area contributed by atoms with Gasteiger partial charge in [-0.2, -0.15) is 0 Å². The molecule has 2 aromatic rings. The van der Waals surface area contributed by atoms with Gasteiger partial charge in [0.25, 0.3) is 5.91 Å². The Hall–Kier alpha value is -1.92. The molecule has 1 amide bonds. The summed E-state index contributed by atoms with van der Waals surface area (Å²) in [5, 5.41) is 4.49. The number of hydrogen-bond acceptors (Lipinski definition) is 4. The van der Waals surface area contributed by atoms with Gasteiger partial charge in [-0.1, -0.05) is 29.5 Å². The van der Waals surface area contributed by atoms with Gasteiger partial charge in [-0.15, -0.1) is 0 Å². The summed E-state index contributed by atoms with van der Waals surface area (Å²) in [5.74, 6) is -0.156. The molecule has 2 rings (SSSR count). The maximum atomic E-state index is 12.1. The largest absolute Gasteiger partial charge is 0.346 e. The number of aromatic nitrogens is 1. The highest BCUT2D eigenvalue weighted by atomic mass is 32.1. The van der Waals surface area contributed by atoms with E-state index in [1.54, 1.807) is 11.4 Å². The molecule has 0 saturated carbocycles. The molecule has 0 saturated heterocycles. The zero-order valence-corrected chi connectivity index (χ0v) is 11.1. The number of aromatic amines is 1. The zero-order chi connectivity index (χ0) is 13.7. The van der Waals surface area contributed by atoms with Gasteiger partial charge >= 0.3 is 4.87 Å². The van der Waals surface area contributed by atoms with Crippen LogP contribution in [0.4, 0.5) is 0 Å². The Labute approximate surface area is 114 Å². The van der Waals surface area contributed by atoms with Gasteiger partial charge in [0.05, 0.1) is 6.54 Å². The predicted molar refractivity (Wildman–Crippen MR) is 75.3 cm³/mol. The minimum absolute atomic E-state index is 0.118. The highest BCUT2D eigenvalue weighted by molar-refractivity contribution is 7.07. The number of hydrogen-bond donors (Lipinski definition) is 3. The van der Waals surface area contributed by atoms with Crippen molar-refractivity contribution in [3.63, 3.8) is 0 Å². The van der Waals surface area contributed by atoms with E-state index < -0.39 is 0 Å². The van der Waals surface area contributed by atoms with Crippen molar-refractivity contribution in [2.24, 2.45) is 5.73 Å². The normalized spacial score (nSPS) is 10.4. The Morgan fingerprint density at radius 1 is 1.37 bits per heavy atom. The summed E-state index contributed by atoms with van der Waals surface area (Å²) >= 11 is 1.08. The van der Waals surface area contributed by atoms with Gasteiger partial charge in [-0.25, -0.2) is 0 Å². The average molecular weight is 277 g/mol. The van der Waals surface area contributed by atoms with E-state index in [4.69, 9.17) is 5.73 Å². The van der Waals surface area contributed by atoms with Crippen LogP contribution in [0.15, 0.2) is 34.4 Å². The Morgan fingerprint density at radius 2 is 2.16 bits per heavy atom. The highest BCUT2D eigenvalue weighted by Crippen LogP contribution is 2.09. The molecule has 0 spiro atoms. The standard InChI is InChI=1S/C13H15N3O2S/c14-6-5-9-3-1-2-4-11(9)12(17)15-7-10-8-19-13(18)16-10/h1-4,8H,5-7,14H2,(H,15,17)(H,16,18). The minimum atomic E-state index is -0.156. The van der Waals surface area contributed by atoms with Crippen LogP contribution in [0.5, 0.6) is 0 Å². The van der Waals surface area contributed by atoms with E-state index in [0.717, 1.165) is 16.9 Å². The predicted octanol–water partition coefficient (Wildman–Crippen LogP) is 0.868. The number of carbonyl (C=O) groups excluding carboxylic acids is 1. The number of benzene rings is 1. The Balaban J connectivity index is 2.05. The van der Waals surface area contributed by atoms with E-state index in [1.165, 1.54) is 0 Å². The molecule has 0 radical (unpaired) electrons. The fraction of sp³-hybridized carbons (Fsp3) is 0.231. The second-order valence-electron chi connectivity index (χ2n) is 4.05. The molecule has 5 nitrogen and oxygen atoms in total. The van der Waals surface area contributed by atoms with Gasteiger partial charge in [-0.05, 0) is 24.6 Å². The van der Waals surface area contributed by atoms with E-state index in [2.05, 4.69) is 10.3 Å². The van der Waals surface area contributed by atoms with Gasteiger partial charge < -0.3 is 16.0 Å². The summed E-state index contributed by atoms with van der Waals surface area (Å²) in [6, 6.07) is 7.38. The molecule has 0 aliphatic carbocycles. The molecule has 0 bridgehead atoms. The first-order valence-electron chi connectivity index (χ1n) is 5.93. The molecule has 1 heterocycles. The zero-order valence-electron chi connectivity index (χ0n) is 10.3. The van der Waals surface area contributed by atoms with E-state index in [1.807, 2.05) is 18.2 Å². The Kier molecular flexibility index (Phi) is 4.48. The molecule has 0 aliphatic rings. The summed E-state index contributed by atoms with van der Waals surface area (Å²) in [4.78, 5) is 25.6. The molecule has 6 heteroatoms.